The average Bonchev–Trinajstić information content (AvgIpc) is 2.80. The fraction of sp³-hybridized carbons (Fsp3) is 0.320. The van der Waals surface area contributed by atoms with E-state index in [1.807, 2.05) is 6.07 Å². The molecule has 33 heavy (non-hydrogen) atoms. The Morgan fingerprint density at radius 2 is 1.88 bits per heavy atom. The van der Waals surface area contributed by atoms with Gasteiger partial charge in [0.15, 0.2) is 5.78 Å². The molecule has 2 amide bonds. The number of carbonyl (C=O) groups excluding carboxylic acids is 3. The van der Waals surface area contributed by atoms with E-state index in [2.05, 4.69) is 10.3 Å². The number of hydrogen-bond donors (Lipinski definition) is 1. The predicted octanol–water partition coefficient (Wildman–Crippen LogP) is 2.68. The number of fused-ring (bicyclic) bond motifs is 1. The number of amides is 2. The van der Waals surface area contributed by atoms with Crippen molar-refractivity contribution in [2.45, 2.75) is 45.1 Å². The van der Waals surface area contributed by atoms with E-state index in [9.17, 15) is 19.2 Å². The second-order valence-electron chi connectivity index (χ2n) is 8.45. The molecule has 0 radical (unpaired) electrons. The number of nitrogens with zero attached hydrogens (tertiary/aromatic N) is 2. The van der Waals surface area contributed by atoms with E-state index in [-0.39, 0.29) is 36.5 Å². The van der Waals surface area contributed by atoms with Gasteiger partial charge in [-0.15, -0.1) is 0 Å². The van der Waals surface area contributed by atoms with E-state index in [4.69, 9.17) is 4.74 Å². The number of hydrogen-bond acceptors (Lipinski definition) is 6. The summed E-state index contributed by atoms with van der Waals surface area (Å²) in [5.74, 6) is 0.229. The zero-order valence-corrected chi connectivity index (χ0v) is 18.8. The van der Waals surface area contributed by atoms with E-state index in [0.29, 0.717) is 34.5 Å². The second kappa shape index (κ2) is 8.61. The quantitative estimate of drug-likeness (QED) is 0.460. The van der Waals surface area contributed by atoms with Crippen molar-refractivity contribution in [3.8, 4) is 5.75 Å². The third-order valence-electron chi connectivity index (χ3n) is 6.23. The zero-order chi connectivity index (χ0) is 23.8. The molecule has 0 saturated carbocycles. The number of benzene rings is 2. The molecule has 2 heterocycles. The third-order valence-corrected chi connectivity index (χ3v) is 6.23. The van der Waals surface area contributed by atoms with Crippen molar-refractivity contribution < 1.29 is 19.1 Å². The first kappa shape index (κ1) is 22.4. The summed E-state index contributed by atoms with van der Waals surface area (Å²) in [4.78, 5) is 54.8. The Balaban J connectivity index is 1.63. The molecule has 1 aromatic heterocycles. The Morgan fingerprint density at radius 3 is 2.55 bits per heavy atom. The molecular weight excluding hydrogens is 422 g/mol. The molecule has 1 atom stereocenters. The van der Waals surface area contributed by atoms with Gasteiger partial charge in [-0.05, 0) is 68.7 Å². The van der Waals surface area contributed by atoms with Gasteiger partial charge in [-0.3, -0.25) is 29.1 Å². The van der Waals surface area contributed by atoms with Crippen molar-refractivity contribution in [1.82, 2.24) is 14.9 Å². The van der Waals surface area contributed by atoms with Gasteiger partial charge < -0.3 is 4.74 Å². The first-order valence-corrected chi connectivity index (χ1v) is 10.8. The first-order valence-electron chi connectivity index (χ1n) is 10.8. The lowest BCUT2D eigenvalue weighted by molar-refractivity contribution is -0.140. The summed E-state index contributed by atoms with van der Waals surface area (Å²) in [7, 11) is 1.57. The highest BCUT2D eigenvalue weighted by molar-refractivity contribution is 6.01. The molecule has 8 heteroatoms. The van der Waals surface area contributed by atoms with Gasteiger partial charge in [0.25, 0.3) is 11.5 Å². The zero-order valence-electron chi connectivity index (χ0n) is 18.8. The van der Waals surface area contributed by atoms with Gasteiger partial charge in [0.2, 0.25) is 5.91 Å². The molecule has 0 unspecified atom stereocenters. The van der Waals surface area contributed by atoms with Crippen LogP contribution in [0.2, 0.25) is 0 Å². The van der Waals surface area contributed by atoms with Crippen LogP contribution in [0.1, 0.15) is 47.9 Å². The Bertz CT molecular complexity index is 1330. The summed E-state index contributed by atoms with van der Waals surface area (Å²) in [5.41, 5.74) is 0.410. The van der Waals surface area contributed by atoms with Crippen LogP contribution in [0, 0.1) is 6.92 Å². The van der Waals surface area contributed by atoms with Crippen molar-refractivity contribution in [2.75, 3.05) is 7.11 Å². The maximum Gasteiger partial charge on any atom is 0.262 e. The molecule has 1 saturated heterocycles. The van der Waals surface area contributed by atoms with Crippen LogP contribution in [0.15, 0.2) is 47.3 Å². The monoisotopic (exact) mass is 447 g/mol. The maximum atomic E-state index is 13.4. The number of nitrogens with one attached hydrogen (secondary N) is 1. The minimum absolute atomic E-state index is 0.00625. The highest BCUT2D eigenvalue weighted by Crippen LogP contribution is 2.27. The maximum absolute atomic E-state index is 13.4. The highest BCUT2D eigenvalue weighted by Gasteiger charge is 2.42. The molecule has 0 spiro atoms. The minimum Gasteiger partial charge on any atom is -0.497 e. The van der Waals surface area contributed by atoms with E-state index in [0.717, 1.165) is 5.56 Å². The van der Waals surface area contributed by atoms with Gasteiger partial charge in [-0.25, -0.2) is 4.98 Å². The van der Waals surface area contributed by atoms with Crippen LogP contribution in [0.4, 0.5) is 0 Å². The number of aryl methyl sites for hydroxylation is 2. The SMILES string of the molecule is COc1ccc(C(=O)CCc2ccc3nc(C)n([C@]4(C)CCC(=O)NC4=O)c(=O)c3c2)cc1. The first-order chi connectivity index (χ1) is 15.7. The van der Waals surface area contributed by atoms with Gasteiger partial charge >= 0.3 is 0 Å². The van der Waals surface area contributed by atoms with Gasteiger partial charge in [0.1, 0.15) is 17.1 Å². The van der Waals surface area contributed by atoms with Gasteiger partial charge in [-0.1, -0.05) is 6.07 Å². The number of methoxy groups -OCH3 is 1. The molecule has 1 aliphatic heterocycles. The number of carbonyl (C=O) groups is 3. The van der Waals surface area contributed by atoms with Crippen molar-refractivity contribution in [1.29, 1.82) is 0 Å². The van der Waals surface area contributed by atoms with Crippen LogP contribution in [-0.2, 0) is 21.5 Å². The molecule has 0 bridgehead atoms. The van der Waals surface area contributed by atoms with E-state index in [1.165, 1.54) is 4.57 Å². The van der Waals surface area contributed by atoms with Crippen molar-refractivity contribution in [2.24, 2.45) is 0 Å². The molecule has 1 fully saturated rings. The summed E-state index contributed by atoms with van der Waals surface area (Å²) in [6, 6.07) is 12.3. The molecule has 1 aliphatic rings. The molecule has 3 aromatic rings. The number of Topliss-reactive ketones (excluding diaryl/α,β-unsaturated/α-hetero) is 1. The number of piperidine rings is 1. The van der Waals surface area contributed by atoms with Crippen LogP contribution in [0.3, 0.4) is 0 Å². The number of imide groups is 1. The average molecular weight is 447 g/mol. The van der Waals surface area contributed by atoms with Crippen LogP contribution in [0.5, 0.6) is 5.75 Å². The second-order valence-corrected chi connectivity index (χ2v) is 8.45. The molecule has 0 aliphatic carbocycles. The third kappa shape index (κ3) is 4.16. The van der Waals surface area contributed by atoms with Crippen molar-refractivity contribution >= 4 is 28.5 Å². The smallest absolute Gasteiger partial charge is 0.262 e. The minimum atomic E-state index is -1.20. The van der Waals surface area contributed by atoms with Gasteiger partial charge in [0, 0.05) is 18.4 Å². The fourth-order valence-electron chi connectivity index (χ4n) is 4.27. The topological polar surface area (TPSA) is 107 Å². The fourth-order valence-corrected chi connectivity index (χ4v) is 4.27. The number of rotatable bonds is 6. The molecule has 1 N–H and O–H groups in total. The van der Waals surface area contributed by atoms with Crippen LogP contribution >= 0.6 is 0 Å². The lowest BCUT2D eigenvalue weighted by Crippen LogP contribution is -2.56. The largest absolute Gasteiger partial charge is 0.497 e. The Hall–Kier alpha value is -3.81. The molecule has 8 nitrogen and oxygen atoms in total. The van der Waals surface area contributed by atoms with Gasteiger partial charge in [-0.2, -0.15) is 0 Å². The van der Waals surface area contributed by atoms with E-state index >= 15 is 0 Å². The van der Waals surface area contributed by atoms with E-state index < -0.39 is 11.4 Å². The lowest BCUT2D eigenvalue weighted by atomic mass is 9.90. The molecule has 2 aromatic carbocycles. The summed E-state index contributed by atoms with van der Waals surface area (Å²) >= 11 is 0. The molecule has 170 valence electrons. The number of ether oxygens (including phenoxy) is 1. The summed E-state index contributed by atoms with van der Waals surface area (Å²) in [6.45, 7) is 3.32. The standard InChI is InChI=1S/C25H25N3O5/c1-15-26-20-10-4-16(5-11-21(29)17-6-8-18(33-3)9-7-17)14-19(20)23(31)28(15)25(2)13-12-22(30)27-24(25)32/h4,6-10,14H,5,11-13H2,1-3H3,(H,27,30,32)/t25-/m1/s1. The summed E-state index contributed by atoms with van der Waals surface area (Å²) in [6.07, 6.45) is 1.12. The normalized spacial score (nSPS) is 18.3. The van der Waals surface area contributed by atoms with Crippen molar-refractivity contribution in [3.05, 3.63) is 69.8 Å². The lowest BCUT2D eigenvalue weighted by Gasteiger charge is -2.34. The Labute approximate surface area is 190 Å². The van der Waals surface area contributed by atoms with Crippen LogP contribution < -0.4 is 15.6 Å². The van der Waals surface area contributed by atoms with Gasteiger partial charge in [0.05, 0.1) is 18.0 Å². The number of aromatic nitrogens is 2. The predicted molar refractivity (Wildman–Crippen MR) is 122 cm³/mol. The Morgan fingerprint density at radius 1 is 1.15 bits per heavy atom. The van der Waals surface area contributed by atoms with Crippen LogP contribution in [-0.4, -0.2) is 34.3 Å². The summed E-state index contributed by atoms with van der Waals surface area (Å²) in [5, 5.41) is 2.70. The summed E-state index contributed by atoms with van der Waals surface area (Å²) < 4.78 is 6.50. The Kier molecular flexibility index (Phi) is 5.84. The molecular formula is C25H25N3O5. The number of ketones is 1. The van der Waals surface area contributed by atoms with E-state index in [1.54, 1.807) is 57.4 Å². The molecule has 4 rings (SSSR count). The van der Waals surface area contributed by atoms with Crippen LogP contribution in [0.25, 0.3) is 10.9 Å². The highest BCUT2D eigenvalue weighted by atomic mass is 16.5. The van der Waals surface area contributed by atoms with Crippen molar-refractivity contribution in [3.63, 3.8) is 0 Å².